The quantitative estimate of drug-likeness (QED) is 0.326. The fourth-order valence-electron chi connectivity index (χ4n) is 3.06. The summed E-state index contributed by atoms with van der Waals surface area (Å²) in [6.07, 6.45) is 1.24. The van der Waals surface area contributed by atoms with Crippen LogP contribution in [0.3, 0.4) is 0 Å². The number of amides is 2. The first-order valence-electron chi connectivity index (χ1n) is 10.4. The third kappa shape index (κ3) is 10.2. The number of alkyl carbamates (subject to hydrolysis) is 1. The Balaban J connectivity index is 0.00000480. The number of ether oxygens (including phenoxy) is 1. The molecule has 174 valence electrons. The summed E-state index contributed by atoms with van der Waals surface area (Å²) in [5.41, 5.74) is 0.708. The second-order valence-corrected chi connectivity index (χ2v) is 8.67. The van der Waals surface area contributed by atoms with Gasteiger partial charge >= 0.3 is 6.09 Å². The molecule has 2 rings (SSSR count). The van der Waals surface area contributed by atoms with Crippen LogP contribution in [-0.2, 0) is 16.0 Å². The van der Waals surface area contributed by atoms with Crippen LogP contribution in [0.2, 0.25) is 0 Å². The molecule has 9 heteroatoms. The standard InChI is InChI=1S/C22H35N5O3.HI/c1-22(2,3)30-21(29)25-18-12-14-27(16-18)20(24-15-19(28)26(4)5)23-13-11-17-9-7-6-8-10-17;/h6-10,18H,11-16H2,1-5H3,(H,23,24)(H,25,29);1H. The van der Waals surface area contributed by atoms with E-state index in [0.717, 1.165) is 19.4 Å². The van der Waals surface area contributed by atoms with Crippen LogP contribution in [0.25, 0.3) is 0 Å². The highest BCUT2D eigenvalue weighted by atomic mass is 127. The minimum Gasteiger partial charge on any atom is -0.444 e. The number of carbonyl (C=O) groups excluding carboxylic acids is 2. The lowest BCUT2D eigenvalue weighted by molar-refractivity contribution is -0.127. The molecule has 1 saturated heterocycles. The van der Waals surface area contributed by atoms with Gasteiger partial charge < -0.3 is 25.2 Å². The third-order valence-corrected chi connectivity index (χ3v) is 4.61. The highest BCUT2D eigenvalue weighted by Gasteiger charge is 2.28. The van der Waals surface area contributed by atoms with Crippen LogP contribution in [-0.4, -0.2) is 79.7 Å². The lowest BCUT2D eigenvalue weighted by Crippen LogP contribution is -2.45. The van der Waals surface area contributed by atoms with E-state index >= 15 is 0 Å². The van der Waals surface area contributed by atoms with E-state index < -0.39 is 11.7 Å². The smallest absolute Gasteiger partial charge is 0.407 e. The summed E-state index contributed by atoms with van der Waals surface area (Å²) in [5, 5.41) is 6.30. The molecule has 1 atom stereocenters. The van der Waals surface area contributed by atoms with Gasteiger partial charge in [-0.1, -0.05) is 30.3 Å². The zero-order valence-electron chi connectivity index (χ0n) is 19.2. The molecule has 1 aromatic carbocycles. The zero-order chi connectivity index (χ0) is 22.1. The van der Waals surface area contributed by atoms with Gasteiger partial charge in [0.05, 0.1) is 6.04 Å². The first-order chi connectivity index (χ1) is 14.1. The molecule has 0 bridgehead atoms. The predicted octanol–water partition coefficient (Wildman–Crippen LogP) is 2.48. The molecule has 0 aromatic heterocycles. The van der Waals surface area contributed by atoms with E-state index in [1.165, 1.54) is 10.5 Å². The number of carbonyl (C=O) groups is 2. The lowest BCUT2D eigenvalue weighted by Gasteiger charge is -2.24. The van der Waals surface area contributed by atoms with E-state index in [0.29, 0.717) is 19.0 Å². The molecule has 1 aromatic rings. The van der Waals surface area contributed by atoms with E-state index in [2.05, 4.69) is 32.7 Å². The maximum atomic E-state index is 12.1. The van der Waals surface area contributed by atoms with E-state index in [4.69, 9.17) is 4.74 Å². The number of aliphatic imine (C=N–C) groups is 1. The number of nitrogens with zero attached hydrogens (tertiary/aromatic N) is 3. The molecule has 0 radical (unpaired) electrons. The van der Waals surface area contributed by atoms with Crippen LogP contribution in [0.1, 0.15) is 32.8 Å². The number of halogens is 1. The van der Waals surface area contributed by atoms with Crippen molar-refractivity contribution in [1.82, 2.24) is 20.4 Å². The van der Waals surface area contributed by atoms with Crippen molar-refractivity contribution in [3.05, 3.63) is 35.9 Å². The minimum absolute atomic E-state index is 0. The van der Waals surface area contributed by atoms with Gasteiger partial charge in [-0.3, -0.25) is 4.79 Å². The SMILES string of the molecule is CN(C)C(=O)CN=C(NCCc1ccccc1)N1CCC(NC(=O)OC(C)(C)C)C1.I. The topological polar surface area (TPSA) is 86.3 Å². The van der Waals surface area contributed by atoms with Crippen molar-refractivity contribution in [2.45, 2.75) is 45.3 Å². The van der Waals surface area contributed by atoms with Crippen molar-refractivity contribution in [1.29, 1.82) is 0 Å². The number of guanidine groups is 1. The van der Waals surface area contributed by atoms with Gasteiger partial charge in [-0.25, -0.2) is 9.79 Å². The van der Waals surface area contributed by atoms with Crippen molar-refractivity contribution in [3.63, 3.8) is 0 Å². The van der Waals surface area contributed by atoms with Crippen LogP contribution in [0.5, 0.6) is 0 Å². The maximum Gasteiger partial charge on any atom is 0.407 e. The summed E-state index contributed by atoms with van der Waals surface area (Å²) >= 11 is 0. The van der Waals surface area contributed by atoms with Gasteiger partial charge in [-0.2, -0.15) is 0 Å². The Labute approximate surface area is 202 Å². The summed E-state index contributed by atoms with van der Waals surface area (Å²) in [6, 6.07) is 10.2. The minimum atomic E-state index is -0.527. The molecule has 0 aliphatic carbocycles. The fraction of sp³-hybridized carbons (Fsp3) is 0.591. The third-order valence-electron chi connectivity index (χ3n) is 4.61. The second-order valence-electron chi connectivity index (χ2n) is 8.67. The van der Waals surface area contributed by atoms with Crippen LogP contribution in [0.15, 0.2) is 35.3 Å². The number of nitrogens with one attached hydrogen (secondary N) is 2. The van der Waals surface area contributed by atoms with Crippen LogP contribution < -0.4 is 10.6 Å². The molecule has 8 nitrogen and oxygen atoms in total. The summed E-state index contributed by atoms with van der Waals surface area (Å²) in [4.78, 5) is 32.2. The van der Waals surface area contributed by atoms with E-state index in [1.807, 2.05) is 39.0 Å². The van der Waals surface area contributed by atoms with Gasteiger partial charge in [0, 0.05) is 33.7 Å². The Kier molecular flexibility index (Phi) is 11.1. The largest absolute Gasteiger partial charge is 0.444 e. The van der Waals surface area contributed by atoms with Gasteiger partial charge in [0.25, 0.3) is 0 Å². The predicted molar refractivity (Wildman–Crippen MR) is 134 cm³/mol. The molecule has 1 unspecified atom stereocenters. The maximum absolute atomic E-state index is 12.1. The molecule has 0 saturated carbocycles. The molecule has 31 heavy (non-hydrogen) atoms. The Morgan fingerprint density at radius 3 is 2.52 bits per heavy atom. The average molecular weight is 545 g/mol. The zero-order valence-corrected chi connectivity index (χ0v) is 21.5. The van der Waals surface area contributed by atoms with E-state index in [1.54, 1.807) is 14.1 Å². The Bertz CT molecular complexity index is 734. The molecular formula is C22H36IN5O3. The number of hydrogen-bond acceptors (Lipinski definition) is 4. The van der Waals surface area contributed by atoms with E-state index in [-0.39, 0.29) is 42.5 Å². The number of hydrogen-bond donors (Lipinski definition) is 2. The van der Waals surface area contributed by atoms with Crippen molar-refractivity contribution < 1.29 is 14.3 Å². The summed E-state index contributed by atoms with van der Waals surface area (Å²) in [7, 11) is 3.44. The molecule has 2 amide bonds. The monoisotopic (exact) mass is 545 g/mol. The first kappa shape index (κ1) is 27.0. The molecule has 1 aliphatic rings. The van der Waals surface area contributed by atoms with Gasteiger partial charge in [0.15, 0.2) is 5.96 Å². The Morgan fingerprint density at radius 2 is 1.90 bits per heavy atom. The summed E-state index contributed by atoms with van der Waals surface area (Å²) < 4.78 is 5.35. The lowest BCUT2D eigenvalue weighted by atomic mass is 10.1. The molecule has 0 spiro atoms. The molecule has 2 N–H and O–H groups in total. The average Bonchev–Trinajstić information content (AvgIpc) is 3.11. The van der Waals surface area contributed by atoms with Gasteiger partial charge in [0.1, 0.15) is 12.1 Å². The molecular weight excluding hydrogens is 509 g/mol. The van der Waals surface area contributed by atoms with Crippen molar-refractivity contribution >= 4 is 41.9 Å². The summed E-state index contributed by atoms with van der Waals surface area (Å²) in [5.74, 6) is 0.634. The Hall–Kier alpha value is -2.04. The molecule has 1 aliphatic heterocycles. The van der Waals surface area contributed by atoms with Crippen LogP contribution in [0, 0.1) is 0 Å². The number of likely N-dealkylation sites (N-methyl/N-ethyl adjacent to an activating group) is 1. The van der Waals surface area contributed by atoms with Crippen molar-refractivity contribution in [2.24, 2.45) is 4.99 Å². The second kappa shape index (κ2) is 12.7. The van der Waals surface area contributed by atoms with Crippen LogP contribution in [0.4, 0.5) is 4.79 Å². The molecule has 1 heterocycles. The van der Waals surface area contributed by atoms with Gasteiger partial charge in [-0.15, -0.1) is 24.0 Å². The first-order valence-corrected chi connectivity index (χ1v) is 10.4. The van der Waals surface area contributed by atoms with Gasteiger partial charge in [-0.05, 0) is 39.2 Å². The number of benzene rings is 1. The Morgan fingerprint density at radius 1 is 1.23 bits per heavy atom. The molecule has 1 fully saturated rings. The normalized spacial score (nSPS) is 16.4. The fourth-order valence-corrected chi connectivity index (χ4v) is 3.06. The number of rotatable bonds is 6. The van der Waals surface area contributed by atoms with Crippen molar-refractivity contribution in [2.75, 3.05) is 40.3 Å². The number of likely N-dealkylation sites (tertiary alicyclic amines) is 1. The highest BCUT2D eigenvalue weighted by molar-refractivity contribution is 14.0. The highest BCUT2D eigenvalue weighted by Crippen LogP contribution is 2.12. The van der Waals surface area contributed by atoms with Crippen LogP contribution >= 0.6 is 24.0 Å². The van der Waals surface area contributed by atoms with Gasteiger partial charge in [0.2, 0.25) is 5.91 Å². The summed E-state index contributed by atoms with van der Waals surface area (Å²) in [6.45, 7) is 7.69. The van der Waals surface area contributed by atoms with Crippen molar-refractivity contribution in [3.8, 4) is 0 Å². The van der Waals surface area contributed by atoms with E-state index in [9.17, 15) is 9.59 Å².